The highest BCUT2D eigenvalue weighted by Crippen LogP contribution is 2.64. The Balaban J connectivity index is 1.31. The van der Waals surface area contributed by atoms with E-state index >= 15 is 0 Å². The van der Waals surface area contributed by atoms with Crippen LogP contribution in [0, 0.1) is 22.6 Å². The molecule has 180 valence electrons. The van der Waals surface area contributed by atoms with Crippen LogP contribution < -0.4 is 0 Å². The fraction of sp³-hybridized carbons (Fsp3) is 0.667. The normalized spacial score (nSPS) is 30.9. The standard InChI is InChI=1S/C24H31FN2O4S2/c1-22(2)18-6-7-23(22,20(28)15-18)16-33(30,31)26-10-8-24(9-11-26)27(12-13-32-24)21(29)17-4-3-5-19(25)14-17/h3-5,14,18H,6-13,15-16H2,1-2H3. The Morgan fingerprint density at radius 3 is 2.52 bits per heavy atom. The van der Waals surface area contributed by atoms with Crippen molar-refractivity contribution in [2.24, 2.45) is 16.7 Å². The van der Waals surface area contributed by atoms with Crippen molar-refractivity contribution < 1.29 is 22.4 Å². The molecule has 2 atom stereocenters. The number of fused-ring (bicyclic) bond motifs is 2. The molecule has 0 aromatic heterocycles. The number of ketones is 1. The molecule has 2 saturated carbocycles. The van der Waals surface area contributed by atoms with Crippen LogP contribution in [0.4, 0.5) is 4.39 Å². The average molecular weight is 495 g/mol. The summed E-state index contributed by atoms with van der Waals surface area (Å²) in [5.41, 5.74) is -0.736. The summed E-state index contributed by atoms with van der Waals surface area (Å²) in [4.78, 5) is 27.4. The average Bonchev–Trinajstić information content (AvgIpc) is 3.32. The molecular weight excluding hydrogens is 463 g/mol. The van der Waals surface area contributed by atoms with Gasteiger partial charge in [0.2, 0.25) is 10.0 Å². The number of rotatable bonds is 4. The van der Waals surface area contributed by atoms with Crippen LogP contribution in [0.25, 0.3) is 0 Å². The highest BCUT2D eigenvalue weighted by atomic mass is 32.2. The first-order valence-corrected chi connectivity index (χ1v) is 14.3. The van der Waals surface area contributed by atoms with Gasteiger partial charge in [0.1, 0.15) is 11.6 Å². The molecule has 0 radical (unpaired) electrons. The minimum absolute atomic E-state index is 0.103. The Hall–Kier alpha value is -1.45. The third-order valence-electron chi connectivity index (χ3n) is 8.96. The molecule has 33 heavy (non-hydrogen) atoms. The van der Waals surface area contributed by atoms with Crippen molar-refractivity contribution in [2.45, 2.75) is 50.8 Å². The molecule has 4 aliphatic rings. The van der Waals surface area contributed by atoms with E-state index in [-0.39, 0.29) is 28.8 Å². The fourth-order valence-corrected chi connectivity index (χ4v) is 10.4. The van der Waals surface area contributed by atoms with Gasteiger partial charge in [-0.05, 0) is 55.2 Å². The van der Waals surface area contributed by atoms with Gasteiger partial charge in [0.25, 0.3) is 5.91 Å². The molecule has 1 aromatic carbocycles. The maximum atomic E-state index is 13.7. The van der Waals surface area contributed by atoms with Crippen molar-refractivity contribution in [1.82, 2.24) is 9.21 Å². The van der Waals surface area contributed by atoms with Crippen LogP contribution in [0.2, 0.25) is 0 Å². The first kappa shape index (κ1) is 23.3. The zero-order valence-electron chi connectivity index (χ0n) is 19.2. The molecule has 2 unspecified atom stereocenters. The molecule has 4 fully saturated rings. The van der Waals surface area contributed by atoms with Crippen molar-refractivity contribution in [3.05, 3.63) is 35.6 Å². The van der Waals surface area contributed by atoms with Gasteiger partial charge in [-0.3, -0.25) is 9.59 Å². The molecule has 2 saturated heterocycles. The van der Waals surface area contributed by atoms with Gasteiger partial charge in [-0.25, -0.2) is 17.1 Å². The predicted molar refractivity (Wildman–Crippen MR) is 126 cm³/mol. The SMILES string of the molecule is CC1(C)C2CCC1(CS(=O)(=O)N1CCC3(CC1)SCCN3C(=O)c1cccc(F)c1)C(=O)C2. The minimum atomic E-state index is -3.61. The molecule has 6 nitrogen and oxygen atoms in total. The molecule has 1 amide bonds. The van der Waals surface area contributed by atoms with E-state index in [1.165, 1.54) is 22.5 Å². The van der Waals surface area contributed by atoms with Crippen molar-refractivity contribution in [2.75, 3.05) is 31.1 Å². The number of sulfonamides is 1. The second kappa shape index (κ2) is 7.78. The maximum Gasteiger partial charge on any atom is 0.255 e. The van der Waals surface area contributed by atoms with Gasteiger partial charge >= 0.3 is 0 Å². The molecule has 2 aliphatic carbocycles. The molecule has 2 heterocycles. The van der Waals surface area contributed by atoms with E-state index in [1.807, 2.05) is 0 Å². The summed E-state index contributed by atoms with van der Waals surface area (Å²) in [5, 5.41) is 0. The number of hydrogen-bond acceptors (Lipinski definition) is 5. The van der Waals surface area contributed by atoms with Gasteiger partial charge in [-0.15, -0.1) is 11.8 Å². The molecule has 9 heteroatoms. The lowest BCUT2D eigenvalue weighted by Gasteiger charge is -2.44. The lowest BCUT2D eigenvalue weighted by atomic mass is 9.70. The van der Waals surface area contributed by atoms with Gasteiger partial charge < -0.3 is 4.90 Å². The van der Waals surface area contributed by atoms with Crippen LogP contribution in [-0.4, -0.2) is 65.3 Å². The number of carbonyl (C=O) groups is 2. The van der Waals surface area contributed by atoms with E-state index in [0.29, 0.717) is 50.9 Å². The monoisotopic (exact) mass is 494 g/mol. The first-order valence-electron chi connectivity index (χ1n) is 11.7. The summed E-state index contributed by atoms with van der Waals surface area (Å²) in [6, 6.07) is 5.73. The van der Waals surface area contributed by atoms with E-state index in [4.69, 9.17) is 0 Å². The lowest BCUT2D eigenvalue weighted by Crippen LogP contribution is -2.55. The quantitative estimate of drug-likeness (QED) is 0.640. The summed E-state index contributed by atoms with van der Waals surface area (Å²) in [6.45, 7) is 5.34. The number of benzene rings is 1. The Kier molecular flexibility index (Phi) is 5.49. The lowest BCUT2D eigenvalue weighted by molar-refractivity contribution is -0.128. The summed E-state index contributed by atoms with van der Waals surface area (Å²) < 4.78 is 42.2. The summed E-state index contributed by atoms with van der Waals surface area (Å²) in [6.07, 6.45) is 3.15. The second-order valence-corrected chi connectivity index (χ2v) is 14.0. The van der Waals surface area contributed by atoms with Crippen LogP contribution in [0.3, 0.4) is 0 Å². The predicted octanol–water partition coefficient (Wildman–Crippen LogP) is 3.53. The van der Waals surface area contributed by atoms with Gasteiger partial charge in [-0.2, -0.15) is 0 Å². The number of piperidine rings is 1. The van der Waals surface area contributed by atoms with E-state index in [9.17, 15) is 22.4 Å². The molecule has 5 rings (SSSR count). The fourth-order valence-electron chi connectivity index (χ4n) is 6.71. The number of nitrogens with zero attached hydrogens (tertiary/aromatic N) is 2. The van der Waals surface area contributed by atoms with E-state index in [0.717, 1.165) is 12.2 Å². The van der Waals surface area contributed by atoms with Gasteiger partial charge in [0.05, 0.1) is 10.6 Å². The van der Waals surface area contributed by atoms with Crippen LogP contribution in [0.1, 0.15) is 56.3 Å². The van der Waals surface area contributed by atoms with E-state index < -0.39 is 26.1 Å². The smallest absolute Gasteiger partial charge is 0.255 e. The molecule has 1 spiro atoms. The number of hydrogen-bond donors (Lipinski definition) is 0. The highest BCUT2D eigenvalue weighted by Gasteiger charge is 2.65. The number of amides is 1. The molecule has 2 aliphatic heterocycles. The highest BCUT2D eigenvalue weighted by molar-refractivity contribution is 8.00. The maximum absolute atomic E-state index is 13.7. The Morgan fingerprint density at radius 1 is 1.18 bits per heavy atom. The summed E-state index contributed by atoms with van der Waals surface area (Å²) >= 11 is 1.69. The van der Waals surface area contributed by atoms with Crippen molar-refractivity contribution in [3.63, 3.8) is 0 Å². The van der Waals surface area contributed by atoms with Gasteiger partial charge in [0, 0.05) is 42.8 Å². The Bertz CT molecular complexity index is 1100. The first-order chi connectivity index (χ1) is 15.5. The number of carbonyl (C=O) groups excluding carboxylic acids is 2. The Morgan fingerprint density at radius 2 is 1.91 bits per heavy atom. The summed E-state index contributed by atoms with van der Waals surface area (Å²) in [7, 11) is -3.61. The van der Waals surface area contributed by atoms with Crippen LogP contribution >= 0.6 is 11.8 Å². The molecule has 0 N–H and O–H groups in total. The van der Waals surface area contributed by atoms with Gasteiger partial charge in [-0.1, -0.05) is 19.9 Å². The largest absolute Gasteiger partial charge is 0.323 e. The van der Waals surface area contributed by atoms with Crippen LogP contribution in [-0.2, 0) is 14.8 Å². The number of Topliss-reactive ketones (excluding diaryl/α,β-unsaturated/α-hetero) is 1. The number of halogens is 1. The minimum Gasteiger partial charge on any atom is -0.323 e. The molecular formula is C24H31FN2O4S2. The zero-order valence-corrected chi connectivity index (χ0v) is 20.8. The molecule has 1 aromatic rings. The van der Waals surface area contributed by atoms with Crippen LogP contribution in [0.5, 0.6) is 0 Å². The molecule has 2 bridgehead atoms. The second-order valence-electron chi connectivity index (χ2n) is 10.6. The summed E-state index contributed by atoms with van der Waals surface area (Å²) in [5.74, 6) is 0.418. The van der Waals surface area contributed by atoms with Crippen LogP contribution in [0.15, 0.2) is 24.3 Å². The van der Waals surface area contributed by atoms with E-state index in [1.54, 1.807) is 22.7 Å². The van der Waals surface area contributed by atoms with Gasteiger partial charge in [0.15, 0.2) is 0 Å². The van der Waals surface area contributed by atoms with E-state index in [2.05, 4.69) is 13.8 Å². The van der Waals surface area contributed by atoms with Crippen molar-refractivity contribution >= 4 is 33.5 Å². The Labute approximate surface area is 199 Å². The third kappa shape index (κ3) is 3.48. The third-order valence-corrected chi connectivity index (χ3v) is 12.5. The zero-order chi connectivity index (χ0) is 23.6. The van der Waals surface area contributed by atoms with Crippen molar-refractivity contribution in [1.29, 1.82) is 0 Å². The number of thioether (sulfide) groups is 1. The van der Waals surface area contributed by atoms with Crippen molar-refractivity contribution in [3.8, 4) is 0 Å². The topological polar surface area (TPSA) is 74.8 Å².